The molecule has 3 rings (SSSR count). The van der Waals surface area contributed by atoms with Crippen molar-refractivity contribution in [2.45, 2.75) is 31.8 Å². The molecule has 106 valence electrons. The molecule has 6 nitrogen and oxygen atoms in total. The third-order valence-corrected chi connectivity index (χ3v) is 3.33. The van der Waals surface area contributed by atoms with Gasteiger partial charge in [-0.25, -0.2) is 0 Å². The monoisotopic (exact) mass is 274 g/mol. The van der Waals surface area contributed by atoms with Gasteiger partial charge in [0.15, 0.2) is 5.82 Å². The SMILES string of the molecule is OCCN(Cc1cccnc1)Cc1nc(C2CC2)no1. The second-order valence-corrected chi connectivity index (χ2v) is 5.12. The van der Waals surface area contributed by atoms with E-state index in [1.807, 2.05) is 18.3 Å². The van der Waals surface area contributed by atoms with Gasteiger partial charge in [0.1, 0.15) is 0 Å². The summed E-state index contributed by atoms with van der Waals surface area (Å²) in [5.41, 5.74) is 1.10. The molecule has 0 saturated heterocycles. The third-order valence-electron chi connectivity index (χ3n) is 3.33. The van der Waals surface area contributed by atoms with Gasteiger partial charge in [0, 0.05) is 31.4 Å². The van der Waals surface area contributed by atoms with Crippen molar-refractivity contribution in [3.05, 3.63) is 41.8 Å². The van der Waals surface area contributed by atoms with Gasteiger partial charge in [0.05, 0.1) is 13.2 Å². The van der Waals surface area contributed by atoms with Crippen LogP contribution in [0.25, 0.3) is 0 Å². The van der Waals surface area contributed by atoms with E-state index >= 15 is 0 Å². The van der Waals surface area contributed by atoms with Crippen molar-refractivity contribution in [2.75, 3.05) is 13.2 Å². The summed E-state index contributed by atoms with van der Waals surface area (Å²) in [6.45, 7) is 1.92. The number of aliphatic hydroxyl groups is 1. The maximum Gasteiger partial charge on any atom is 0.240 e. The molecule has 1 aliphatic carbocycles. The Morgan fingerprint density at radius 1 is 1.35 bits per heavy atom. The lowest BCUT2D eigenvalue weighted by atomic mass is 10.2. The summed E-state index contributed by atoms with van der Waals surface area (Å²) in [6.07, 6.45) is 5.90. The molecule has 1 saturated carbocycles. The molecule has 2 aromatic rings. The second-order valence-electron chi connectivity index (χ2n) is 5.12. The zero-order valence-electron chi connectivity index (χ0n) is 11.3. The standard InChI is InChI=1S/C14H18N4O2/c19-7-6-18(9-11-2-1-5-15-8-11)10-13-16-14(17-20-13)12-3-4-12/h1-2,5,8,12,19H,3-4,6-7,9-10H2. The van der Waals surface area contributed by atoms with E-state index in [2.05, 4.69) is 20.0 Å². The van der Waals surface area contributed by atoms with Gasteiger partial charge in [-0.1, -0.05) is 11.2 Å². The molecule has 2 heterocycles. The topological polar surface area (TPSA) is 75.3 Å². The van der Waals surface area contributed by atoms with Crippen LogP contribution < -0.4 is 0 Å². The molecule has 1 N–H and O–H groups in total. The Labute approximate surface area is 117 Å². The van der Waals surface area contributed by atoms with Crippen molar-refractivity contribution in [3.63, 3.8) is 0 Å². The Hall–Kier alpha value is -1.79. The summed E-state index contributed by atoms with van der Waals surface area (Å²) >= 11 is 0. The molecule has 0 spiro atoms. The zero-order chi connectivity index (χ0) is 13.8. The van der Waals surface area contributed by atoms with E-state index in [-0.39, 0.29) is 6.61 Å². The smallest absolute Gasteiger partial charge is 0.240 e. The van der Waals surface area contributed by atoms with Crippen molar-refractivity contribution in [1.29, 1.82) is 0 Å². The Morgan fingerprint density at radius 2 is 2.25 bits per heavy atom. The molecule has 6 heteroatoms. The number of hydrogen-bond donors (Lipinski definition) is 1. The molecule has 1 fully saturated rings. The first kappa shape index (κ1) is 13.2. The van der Waals surface area contributed by atoms with Crippen LogP contribution in [0, 0.1) is 0 Å². The van der Waals surface area contributed by atoms with Crippen molar-refractivity contribution in [3.8, 4) is 0 Å². The van der Waals surface area contributed by atoms with Crippen LogP contribution in [0.2, 0.25) is 0 Å². The molecule has 1 aliphatic rings. The average molecular weight is 274 g/mol. The Kier molecular flexibility index (Phi) is 4.03. The van der Waals surface area contributed by atoms with Gasteiger partial charge >= 0.3 is 0 Å². The van der Waals surface area contributed by atoms with Gasteiger partial charge in [-0.2, -0.15) is 4.98 Å². The molecule has 0 atom stereocenters. The Balaban J connectivity index is 1.63. The fourth-order valence-corrected chi connectivity index (χ4v) is 2.14. The number of aromatic nitrogens is 3. The zero-order valence-corrected chi connectivity index (χ0v) is 11.3. The van der Waals surface area contributed by atoms with Crippen LogP contribution in [0.15, 0.2) is 29.0 Å². The van der Waals surface area contributed by atoms with Crippen molar-refractivity contribution >= 4 is 0 Å². The summed E-state index contributed by atoms with van der Waals surface area (Å²) < 4.78 is 5.28. The minimum Gasteiger partial charge on any atom is -0.395 e. The normalized spacial score (nSPS) is 14.9. The maximum atomic E-state index is 9.17. The Bertz CT molecular complexity index is 539. The summed E-state index contributed by atoms with van der Waals surface area (Å²) in [7, 11) is 0. The minimum absolute atomic E-state index is 0.101. The fourth-order valence-electron chi connectivity index (χ4n) is 2.14. The van der Waals surface area contributed by atoms with E-state index < -0.39 is 0 Å². The van der Waals surface area contributed by atoms with E-state index in [0.717, 1.165) is 24.2 Å². The molecular formula is C14H18N4O2. The fraction of sp³-hybridized carbons (Fsp3) is 0.500. The highest BCUT2D eigenvalue weighted by Crippen LogP contribution is 2.38. The second kappa shape index (κ2) is 6.11. The van der Waals surface area contributed by atoms with Gasteiger partial charge in [0.2, 0.25) is 5.89 Å². The van der Waals surface area contributed by atoms with Crippen LogP contribution in [0.3, 0.4) is 0 Å². The van der Waals surface area contributed by atoms with E-state index in [1.165, 1.54) is 0 Å². The third kappa shape index (κ3) is 3.40. The number of nitrogens with zero attached hydrogens (tertiary/aromatic N) is 4. The molecule has 0 aliphatic heterocycles. The summed E-state index contributed by atoms with van der Waals surface area (Å²) in [5.74, 6) is 1.94. The largest absolute Gasteiger partial charge is 0.395 e. The lowest BCUT2D eigenvalue weighted by Gasteiger charge is -2.18. The highest BCUT2D eigenvalue weighted by molar-refractivity contribution is 5.08. The summed E-state index contributed by atoms with van der Waals surface area (Å²) in [6, 6.07) is 3.92. The predicted octanol–water partition coefficient (Wildman–Crippen LogP) is 1.34. The van der Waals surface area contributed by atoms with Crippen LogP contribution in [-0.4, -0.2) is 38.3 Å². The predicted molar refractivity (Wildman–Crippen MR) is 71.7 cm³/mol. The van der Waals surface area contributed by atoms with Gasteiger partial charge in [-0.05, 0) is 24.5 Å². The number of rotatable bonds is 7. The molecule has 0 bridgehead atoms. The molecule has 0 amide bonds. The lowest BCUT2D eigenvalue weighted by molar-refractivity contribution is 0.167. The van der Waals surface area contributed by atoms with E-state index in [0.29, 0.717) is 31.4 Å². The van der Waals surface area contributed by atoms with Crippen LogP contribution in [0.4, 0.5) is 0 Å². The molecule has 2 aromatic heterocycles. The van der Waals surface area contributed by atoms with Crippen LogP contribution in [0.5, 0.6) is 0 Å². The van der Waals surface area contributed by atoms with E-state index in [9.17, 15) is 5.11 Å². The molecular weight excluding hydrogens is 256 g/mol. The molecule has 0 unspecified atom stereocenters. The van der Waals surface area contributed by atoms with Crippen molar-refractivity contribution in [2.24, 2.45) is 0 Å². The van der Waals surface area contributed by atoms with E-state index in [1.54, 1.807) is 6.20 Å². The van der Waals surface area contributed by atoms with Crippen molar-refractivity contribution < 1.29 is 9.63 Å². The maximum absolute atomic E-state index is 9.17. The van der Waals surface area contributed by atoms with Crippen LogP contribution >= 0.6 is 0 Å². The number of aliphatic hydroxyl groups excluding tert-OH is 1. The number of pyridine rings is 1. The van der Waals surface area contributed by atoms with Gasteiger partial charge in [0.25, 0.3) is 0 Å². The van der Waals surface area contributed by atoms with E-state index in [4.69, 9.17) is 4.52 Å². The highest BCUT2D eigenvalue weighted by Gasteiger charge is 2.28. The van der Waals surface area contributed by atoms with Crippen LogP contribution in [-0.2, 0) is 13.1 Å². The Morgan fingerprint density at radius 3 is 2.95 bits per heavy atom. The van der Waals surface area contributed by atoms with Crippen molar-refractivity contribution in [1.82, 2.24) is 20.0 Å². The summed E-state index contributed by atoms with van der Waals surface area (Å²) in [5, 5.41) is 13.2. The van der Waals surface area contributed by atoms with Gasteiger partial charge in [-0.3, -0.25) is 9.88 Å². The average Bonchev–Trinajstić information content (AvgIpc) is 3.21. The quantitative estimate of drug-likeness (QED) is 0.821. The first-order valence-corrected chi connectivity index (χ1v) is 6.90. The van der Waals surface area contributed by atoms with Gasteiger partial charge in [-0.15, -0.1) is 0 Å². The highest BCUT2D eigenvalue weighted by atomic mass is 16.5. The molecule has 0 radical (unpaired) electrons. The van der Waals surface area contributed by atoms with Crippen LogP contribution in [0.1, 0.15) is 36.0 Å². The molecule has 20 heavy (non-hydrogen) atoms. The summed E-state index contributed by atoms with van der Waals surface area (Å²) in [4.78, 5) is 10.6. The minimum atomic E-state index is 0.101. The first-order chi connectivity index (χ1) is 9.85. The molecule has 0 aromatic carbocycles. The van der Waals surface area contributed by atoms with Gasteiger partial charge < -0.3 is 9.63 Å². The first-order valence-electron chi connectivity index (χ1n) is 6.90. The number of hydrogen-bond acceptors (Lipinski definition) is 6. The lowest BCUT2D eigenvalue weighted by Crippen LogP contribution is -2.26.